The number of rotatable bonds is 6. The molecule has 0 aliphatic heterocycles. The number of pyridine rings is 2. The molecule has 1 saturated carbocycles. The van der Waals surface area contributed by atoms with Gasteiger partial charge < -0.3 is 20.9 Å². The minimum atomic E-state index is -0.569. The van der Waals surface area contributed by atoms with Gasteiger partial charge in [0, 0.05) is 24.6 Å². The molecule has 1 fully saturated rings. The van der Waals surface area contributed by atoms with Crippen molar-refractivity contribution in [2.45, 2.75) is 38.3 Å². The molecular formula is C19H21N7O2. The standard InChI is InChI=1S/C19H21N7O2/c20-14(27)11-26-8-5-12-9-15(24-16-10-21-6-7-22-16)25-18(17(12)19(26)28)23-13-3-1-2-4-13/h5-10,13H,1-4,11H2,(H2,20,27)(H2,22,23,24,25). The van der Waals surface area contributed by atoms with E-state index in [-0.39, 0.29) is 18.1 Å². The monoisotopic (exact) mass is 379 g/mol. The van der Waals surface area contributed by atoms with Crippen LogP contribution >= 0.6 is 0 Å². The van der Waals surface area contributed by atoms with E-state index < -0.39 is 5.91 Å². The molecule has 0 saturated heterocycles. The van der Waals surface area contributed by atoms with E-state index in [0.717, 1.165) is 25.7 Å². The number of aromatic nitrogens is 4. The van der Waals surface area contributed by atoms with Gasteiger partial charge in [-0.25, -0.2) is 9.97 Å². The zero-order chi connectivity index (χ0) is 19.5. The zero-order valence-electron chi connectivity index (χ0n) is 15.3. The number of carbonyl (C=O) groups is 1. The maximum Gasteiger partial charge on any atom is 0.262 e. The molecule has 0 radical (unpaired) electrons. The van der Waals surface area contributed by atoms with Crippen LogP contribution in [-0.4, -0.2) is 31.5 Å². The van der Waals surface area contributed by atoms with Crippen molar-refractivity contribution in [1.82, 2.24) is 19.5 Å². The quantitative estimate of drug-likeness (QED) is 0.595. The van der Waals surface area contributed by atoms with Gasteiger partial charge in [0.25, 0.3) is 5.56 Å². The molecule has 0 spiro atoms. The van der Waals surface area contributed by atoms with Crippen LogP contribution < -0.4 is 21.9 Å². The Balaban J connectivity index is 1.80. The van der Waals surface area contributed by atoms with Crippen molar-refractivity contribution >= 4 is 34.1 Å². The smallest absolute Gasteiger partial charge is 0.262 e. The number of nitrogens with one attached hydrogen (secondary N) is 2. The highest BCUT2D eigenvalue weighted by Crippen LogP contribution is 2.27. The van der Waals surface area contributed by atoms with E-state index in [1.54, 1.807) is 36.9 Å². The van der Waals surface area contributed by atoms with Crippen LogP contribution in [0.2, 0.25) is 0 Å². The number of anilines is 3. The third-order valence-electron chi connectivity index (χ3n) is 4.80. The van der Waals surface area contributed by atoms with Crippen LogP contribution in [0.25, 0.3) is 10.8 Å². The highest BCUT2D eigenvalue weighted by atomic mass is 16.2. The zero-order valence-corrected chi connectivity index (χ0v) is 15.3. The van der Waals surface area contributed by atoms with Gasteiger partial charge in [-0.05, 0) is 30.4 Å². The van der Waals surface area contributed by atoms with E-state index in [0.29, 0.717) is 28.2 Å². The van der Waals surface area contributed by atoms with Crippen LogP contribution in [0.1, 0.15) is 25.7 Å². The van der Waals surface area contributed by atoms with Gasteiger partial charge in [-0.3, -0.25) is 14.6 Å². The summed E-state index contributed by atoms with van der Waals surface area (Å²) in [7, 11) is 0. The van der Waals surface area contributed by atoms with Gasteiger partial charge in [0.15, 0.2) is 0 Å². The lowest BCUT2D eigenvalue weighted by Gasteiger charge is -2.17. The Bertz CT molecular complexity index is 1060. The Morgan fingerprint density at radius 2 is 2.07 bits per heavy atom. The van der Waals surface area contributed by atoms with E-state index in [1.165, 1.54) is 4.57 Å². The summed E-state index contributed by atoms with van der Waals surface area (Å²) >= 11 is 0. The van der Waals surface area contributed by atoms with Gasteiger partial charge in [-0.2, -0.15) is 0 Å². The minimum absolute atomic E-state index is 0.169. The molecule has 4 N–H and O–H groups in total. The summed E-state index contributed by atoms with van der Waals surface area (Å²) in [4.78, 5) is 37.1. The second kappa shape index (κ2) is 7.63. The average Bonchev–Trinajstić information content (AvgIpc) is 3.17. The van der Waals surface area contributed by atoms with Crippen LogP contribution in [0.5, 0.6) is 0 Å². The third-order valence-corrected chi connectivity index (χ3v) is 4.80. The maximum atomic E-state index is 13.0. The van der Waals surface area contributed by atoms with Gasteiger partial charge in [-0.15, -0.1) is 0 Å². The van der Waals surface area contributed by atoms with E-state index in [1.807, 2.05) is 0 Å². The molecule has 9 heteroatoms. The molecule has 3 aromatic rings. The molecule has 1 aliphatic rings. The Morgan fingerprint density at radius 1 is 1.25 bits per heavy atom. The molecule has 3 aromatic heterocycles. The van der Waals surface area contributed by atoms with Gasteiger partial charge in [-0.1, -0.05) is 12.8 Å². The van der Waals surface area contributed by atoms with Crippen LogP contribution in [0.3, 0.4) is 0 Å². The summed E-state index contributed by atoms with van der Waals surface area (Å²) in [5.74, 6) is 1.05. The highest BCUT2D eigenvalue weighted by molar-refractivity contribution is 5.93. The number of primary amides is 1. The number of amides is 1. The number of fused-ring (bicyclic) bond motifs is 1. The second-order valence-corrected chi connectivity index (χ2v) is 6.88. The molecule has 0 atom stereocenters. The summed E-state index contributed by atoms with van der Waals surface area (Å²) in [6.07, 6.45) is 10.7. The summed E-state index contributed by atoms with van der Waals surface area (Å²) < 4.78 is 1.31. The Labute approximate surface area is 161 Å². The maximum absolute atomic E-state index is 13.0. The van der Waals surface area contributed by atoms with Crippen molar-refractivity contribution in [2.75, 3.05) is 10.6 Å². The number of hydrogen-bond acceptors (Lipinski definition) is 7. The Kier molecular flexibility index (Phi) is 4.88. The fourth-order valence-electron chi connectivity index (χ4n) is 3.52. The molecule has 0 unspecified atom stereocenters. The number of hydrogen-bond donors (Lipinski definition) is 3. The first kappa shape index (κ1) is 17.9. The van der Waals surface area contributed by atoms with Gasteiger partial charge >= 0.3 is 0 Å². The molecule has 144 valence electrons. The molecule has 28 heavy (non-hydrogen) atoms. The first-order chi connectivity index (χ1) is 13.6. The fraction of sp³-hybridized carbons (Fsp3) is 0.316. The topological polar surface area (TPSA) is 128 Å². The predicted molar refractivity (Wildman–Crippen MR) is 106 cm³/mol. The van der Waals surface area contributed by atoms with E-state index in [9.17, 15) is 9.59 Å². The Hall–Kier alpha value is -3.49. The van der Waals surface area contributed by atoms with E-state index in [4.69, 9.17) is 5.73 Å². The lowest BCUT2D eigenvalue weighted by Crippen LogP contribution is -2.28. The van der Waals surface area contributed by atoms with E-state index in [2.05, 4.69) is 25.6 Å². The van der Waals surface area contributed by atoms with Crippen molar-refractivity contribution in [3.63, 3.8) is 0 Å². The third kappa shape index (κ3) is 3.78. The second-order valence-electron chi connectivity index (χ2n) is 6.88. The van der Waals surface area contributed by atoms with Crippen LogP contribution in [-0.2, 0) is 11.3 Å². The lowest BCUT2D eigenvalue weighted by atomic mass is 10.1. The molecule has 0 aromatic carbocycles. The molecule has 9 nitrogen and oxygen atoms in total. The van der Waals surface area contributed by atoms with Crippen molar-refractivity contribution < 1.29 is 4.79 Å². The predicted octanol–water partition coefficient (Wildman–Crippen LogP) is 1.77. The molecule has 1 aliphatic carbocycles. The molecule has 1 amide bonds. The van der Waals surface area contributed by atoms with Gasteiger partial charge in [0.2, 0.25) is 5.91 Å². The largest absolute Gasteiger partial charge is 0.368 e. The first-order valence-corrected chi connectivity index (χ1v) is 9.22. The molecule has 4 rings (SSSR count). The Morgan fingerprint density at radius 3 is 2.79 bits per heavy atom. The first-order valence-electron chi connectivity index (χ1n) is 9.22. The van der Waals surface area contributed by atoms with Gasteiger partial charge in [0.05, 0.1) is 11.6 Å². The van der Waals surface area contributed by atoms with E-state index >= 15 is 0 Å². The molecular weight excluding hydrogens is 358 g/mol. The SMILES string of the molecule is NC(=O)Cn1ccc2cc(Nc3cnccn3)nc(NC3CCCC3)c2c1=O. The number of nitrogens with two attached hydrogens (primary N) is 1. The number of nitrogens with zero attached hydrogens (tertiary/aromatic N) is 4. The highest BCUT2D eigenvalue weighted by Gasteiger charge is 2.19. The lowest BCUT2D eigenvalue weighted by molar-refractivity contribution is -0.118. The van der Waals surface area contributed by atoms with Crippen LogP contribution in [0.4, 0.5) is 17.5 Å². The molecule has 3 heterocycles. The van der Waals surface area contributed by atoms with Crippen molar-refractivity contribution in [2.24, 2.45) is 5.73 Å². The number of carbonyl (C=O) groups excluding carboxylic acids is 1. The summed E-state index contributed by atoms with van der Waals surface area (Å²) in [5, 5.41) is 7.69. The summed E-state index contributed by atoms with van der Waals surface area (Å²) in [6, 6.07) is 3.83. The van der Waals surface area contributed by atoms with Crippen LogP contribution in [0, 0.1) is 0 Å². The van der Waals surface area contributed by atoms with Gasteiger partial charge in [0.1, 0.15) is 24.0 Å². The van der Waals surface area contributed by atoms with Crippen molar-refractivity contribution in [3.05, 3.63) is 47.3 Å². The minimum Gasteiger partial charge on any atom is -0.368 e. The van der Waals surface area contributed by atoms with Crippen LogP contribution in [0.15, 0.2) is 41.7 Å². The average molecular weight is 379 g/mol. The summed E-state index contributed by atoms with van der Waals surface area (Å²) in [6.45, 7) is -0.169. The van der Waals surface area contributed by atoms with Crippen molar-refractivity contribution in [3.8, 4) is 0 Å². The summed E-state index contributed by atoms with van der Waals surface area (Å²) in [5.41, 5.74) is 4.97. The van der Waals surface area contributed by atoms with Crippen molar-refractivity contribution in [1.29, 1.82) is 0 Å². The fourth-order valence-corrected chi connectivity index (χ4v) is 3.52. The molecule has 0 bridgehead atoms. The normalized spacial score (nSPS) is 14.3.